The summed E-state index contributed by atoms with van der Waals surface area (Å²) in [5, 5.41) is 12.8. The summed E-state index contributed by atoms with van der Waals surface area (Å²) >= 11 is 0. The third-order valence-electron chi connectivity index (χ3n) is 5.69. The molecular weight excluding hydrogens is 433 g/mol. The van der Waals surface area contributed by atoms with Crippen molar-refractivity contribution in [2.24, 2.45) is 7.05 Å². The molecule has 2 saturated heterocycles. The van der Waals surface area contributed by atoms with Gasteiger partial charge < -0.3 is 10.4 Å². The number of nitrogens with one attached hydrogen (secondary N) is 2. The fraction of sp³-hybridized carbons (Fsp3) is 0.500. The van der Waals surface area contributed by atoms with Crippen molar-refractivity contribution >= 4 is 28.8 Å². The number of nitrogens with zero attached hydrogens (tertiary/aromatic N) is 2. The molecular formula is C20H23F3N4O5. The number of aromatic nitrogens is 2. The van der Waals surface area contributed by atoms with Gasteiger partial charge in [0.15, 0.2) is 0 Å². The van der Waals surface area contributed by atoms with Crippen LogP contribution in [-0.4, -0.2) is 51.3 Å². The number of carbonyl (C=O) groups excluding carboxylic acids is 2. The van der Waals surface area contributed by atoms with Crippen molar-refractivity contribution in [3.63, 3.8) is 0 Å². The van der Waals surface area contributed by atoms with E-state index in [1.165, 1.54) is 10.1 Å². The lowest BCUT2D eigenvalue weighted by Crippen LogP contribution is -2.44. The van der Waals surface area contributed by atoms with Crippen molar-refractivity contribution in [3.05, 3.63) is 34.2 Å². The van der Waals surface area contributed by atoms with Crippen LogP contribution in [0.15, 0.2) is 23.0 Å². The number of aliphatic carboxylic acids is 1. The maximum absolute atomic E-state index is 12.8. The van der Waals surface area contributed by atoms with Gasteiger partial charge in [-0.3, -0.25) is 24.0 Å². The van der Waals surface area contributed by atoms with E-state index < -0.39 is 24.1 Å². The van der Waals surface area contributed by atoms with Crippen molar-refractivity contribution in [2.75, 3.05) is 13.1 Å². The summed E-state index contributed by atoms with van der Waals surface area (Å²) in [6, 6.07) is 5.46. The van der Waals surface area contributed by atoms with Crippen molar-refractivity contribution in [2.45, 2.75) is 43.8 Å². The van der Waals surface area contributed by atoms with Gasteiger partial charge in [-0.1, -0.05) is 6.07 Å². The molecule has 0 radical (unpaired) electrons. The zero-order valence-corrected chi connectivity index (χ0v) is 17.2. The number of amides is 2. The van der Waals surface area contributed by atoms with Gasteiger partial charge in [0.1, 0.15) is 6.04 Å². The zero-order chi connectivity index (χ0) is 23.6. The number of fused-ring (bicyclic) bond motifs is 1. The van der Waals surface area contributed by atoms with E-state index in [-0.39, 0.29) is 18.0 Å². The minimum Gasteiger partial charge on any atom is -0.475 e. The normalized spacial score (nSPS) is 19.9. The Balaban J connectivity index is 0.000000360. The Morgan fingerprint density at radius 2 is 1.72 bits per heavy atom. The average molecular weight is 456 g/mol. The first-order valence-electron chi connectivity index (χ1n) is 10.1. The molecule has 3 N–H and O–H groups in total. The fourth-order valence-corrected chi connectivity index (χ4v) is 4.02. The molecule has 2 aromatic rings. The standard InChI is InChI=1S/C18H22N4O3.C2HF3O2/c1-21-15-10-12(11-6-8-19-9-7-11)2-3-13(15)22(18(21)25)14-4-5-16(23)20-17(14)24;3-2(4,5)1(6)7/h2-3,10-11,14,19H,4-9H2,1H3,(H,20,23,24);(H,6,7). The lowest BCUT2D eigenvalue weighted by Gasteiger charge is -2.23. The van der Waals surface area contributed by atoms with Crippen molar-refractivity contribution in [1.82, 2.24) is 19.8 Å². The third kappa shape index (κ3) is 4.85. The molecule has 0 saturated carbocycles. The first kappa shape index (κ1) is 23.5. The summed E-state index contributed by atoms with van der Waals surface area (Å²) in [7, 11) is 1.74. The number of hydrogen-bond donors (Lipinski definition) is 3. The van der Waals surface area contributed by atoms with Crippen LogP contribution in [0.25, 0.3) is 11.0 Å². The second-order valence-electron chi connectivity index (χ2n) is 7.75. The molecule has 1 aromatic carbocycles. The second kappa shape index (κ2) is 9.15. The predicted molar refractivity (Wildman–Crippen MR) is 107 cm³/mol. The van der Waals surface area contributed by atoms with Crippen LogP contribution in [0.5, 0.6) is 0 Å². The van der Waals surface area contributed by atoms with Crippen LogP contribution < -0.4 is 16.3 Å². The van der Waals surface area contributed by atoms with Crippen LogP contribution >= 0.6 is 0 Å². The Kier molecular flexibility index (Phi) is 6.72. The highest BCUT2D eigenvalue weighted by Gasteiger charge is 2.38. The van der Waals surface area contributed by atoms with Gasteiger partial charge in [0.05, 0.1) is 11.0 Å². The molecule has 2 aliphatic heterocycles. The molecule has 0 spiro atoms. The Hall–Kier alpha value is -3.15. The van der Waals surface area contributed by atoms with E-state index in [0.717, 1.165) is 37.0 Å². The number of halogens is 3. The summed E-state index contributed by atoms with van der Waals surface area (Å²) < 4.78 is 34.9. The minimum atomic E-state index is -5.08. The molecule has 2 fully saturated rings. The molecule has 0 bridgehead atoms. The lowest BCUT2D eigenvalue weighted by atomic mass is 9.90. The molecule has 2 amide bonds. The molecule has 2 aliphatic rings. The predicted octanol–water partition coefficient (Wildman–Crippen LogP) is 1.42. The molecule has 4 rings (SSSR count). The number of carbonyl (C=O) groups is 3. The Bertz CT molecular complexity index is 1100. The maximum atomic E-state index is 12.8. The number of rotatable bonds is 2. The summed E-state index contributed by atoms with van der Waals surface area (Å²) in [5.74, 6) is -2.93. The van der Waals surface area contributed by atoms with Crippen LogP contribution in [0.1, 0.15) is 43.2 Å². The summed E-state index contributed by atoms with van der Waals surface area (Å²) in [5.41, 5.74) is 2.61. The number of alkyl halides is 3. The highest BCUT2D eigenvalue weighted by molar-refractivity contribution is 6.00. The lowest BCUT2D eigenvalue weighted by molar-refractivity contribution is -0.192. The molecule has 12 heteroatoms. The Morgan fingerprint density at radius 1 is 1.09 bits per heavy atom. The van der Waals surface area contributed by atoms with Crippen LogP contribution in [0.2, 0.25) is 0 Å². The maximum Gasteiger partial charge on any atom is 0.490 e. The topological polar surface area (TPSA) is 122 Å². The van der Waals surface area contributed by atoms with E-state index in [0.29, 0.717) is 12.3 Å². The first-order valence-corrected chi connectivity index (χ1v) is 10.1. The van der Waals surface area contributed by atoms with E-state index in [4.69, 9.17) is 9.90 Å². The molecule has 3 heterocycles. The van der Waals surface area contributed by atoms with Crippen LogP contribution in [0.3, 0.4) is 0 Å². The number of carboxylic acids is 1. The van der Waals surface area contributed by atoms with Crippen molar-refractivity contribution < 1.29 is 32.7 Å². The molecule has 1 unspecified atom stereocenters. The van der Waals surface area contributed by atoms with E-state index in [2.05, 4.69) is 22.8 Å². The average Bonchev–Trinajstić information content (AvgIpc) is 2.99. The van der Waals surface area contributed by atoms with Crippen LogP contribution in [0.4, 0.5) is 13.2 Å². The van der Waals surface area contributed by atoms with E-state index in [1.807, 2.05) is 6.07 Å². The Morgan fingerprint density at radius 3 is 2.28 bits per heavy atom. The first-order chi connectivity index (χ1) is 15.0. The van der Waals surface area contributed by atoms with E-state index in [1.54, 1.807) is 11.6 Å². The second-order valence-corrected chi connectivity index (χ2v) is 7.75. The molecule has 0 aliphatic carbocycles. The monoisotopic (exact) mass is 456 g/mol. The number of piperidine rings is 2. The van der Waals surface area contributed by atoms with Gasteiger partial charge in [-0.05, 0) is 56.0 Å². The highest BCUT2D eigenvalue weighted by atomic mass is 19.4. The molecule has 9 nitrogen and oxygen atoms in total. The van der Waals surface area contributed by atoms with Gasteiger partial charge in [-0.25, -0.2) is 9.59 Å². The number of hydrogen-bond acceptors (Lipinski definition) is 5. The minimum absolute atomic E-state index is 0.216. The smallest absolute Gasteiger partial charge is 0.475 e. The van der Waals surface area contributed by atoms with Gasteiger partial charge in [0.25, 0.3) is 0 Å². The Labute approximate surface area is 180 Å². The van der Waals surface area contributed by atoms with E-state index in [9.17, 15) is 27.6 Å². The number of benzene rings is 1. The summed E-state index contributed by atoms with van der Waals surface area (Å²) in [4.78, 5) is 45.3. The number of carboxylic acid groups (broad SMARTS) is 1. The molecule has 174 valence electrons. The van der Waals surface area contributed by atoms with Gasteiger partial charge in [-0.15, -0.1) is 0 Å². The molecule has 1 atom stereocenters. The van der Waals surface area contributed by atoms with Crippen molar-refractivity contribution in [3.8, 4) is 0 Å². The van der Waals surface area contributed by atoms with Gasteiger partial charge in [-0.2, -0.15) is 13.2 Å². The molecule has 32 heavy (non-hydrogen) atoms. The van der Waals surface area contributed by atoms with Gasteiger partial charge in [0, 0.05) is 13.5 Å². The largest absolute Gasteiger partial charge is 0.490 e. The third-order valence-corrected chi connectivity index (χ3v) is 5.69. The SMILES string of the molecule is Cn1c(=O)n(C2CCC(=O)NC2=O)c2ccc(C3CCNCC3)cc21.O=C(O)C(F)(F)F. The van der Waals surface area contributed by atoms with Gasteiger partial charge >= 0.3 is 17.8 Å². The fourth-order valence-electron chi connectivity index (χ4n) is 4.02. The van der Waals surface area contributed by atoms with Crippen LogP contribution in [-0.2, 0) is 21.4 Å². The summed E-state index contributed by atoms with van der Waals surface area (Å²) in [6.45, 7) is 2.03. The van der Waals surface area contributed by atoms with Gasteiger partial charge in [0.2, 0.25) is 11.8 Å². The molecule has 1 aromatic heterocycles. The summed E-state index contributed by atoms with van der Waals surface area (Å²) in [6.07, 6.45) is -2.28. The van der Waals surface area contributed by atoms with E-state index >= 15 is 0 Å². The van der Waals surface area contributed by atoms with Crippen molar-refractivity contribution in [1.29, 1.82) is 0 Å². The zero-order valence-electron chi connectivity index (χ0n) is 17.2. The number of imidazole rings is 1. The quantitative estimate of drug-likeness (QED) is 0.588. The number of aryl methyl sites for hydroxylation is 1. The number of imide groups is 1. The van der Waals surface area contributed by atoms with Crippen LogP contribution in [0, 0.1) is 0 Å². The highest BCUT2D eigenvalue weighted by Crippen LogP contribution is 2.29.